The summed E-state index contributed by atoms with van der Waals surface area (Å²) in [5.41, 5.74) is 0.981. The van der Waals surface area contributed by atoms with Crippen LogP contribution in [0.1, 0.15) is 5.69 Å². The average molecular weight is 218 g/mol. The number of phenolic OH excluding ortho intramolecular Hbond substituents is 1. The topological polar surface area (TPSA) is 75.3 Å². The Kier molecular flexibility index (Phi) is 2.59. The van der Waals surface area contributed by atoms with E-state index in [1.807, 2.05) is 0 Å². The van der Waals surface area contributed by atoms with Gasteiger partial charge in [-0.25, -0.2) is 4.68 Å². The number of hydrogen-bond donors (Lipinski definition) is 2. The van der Waals surface area contributed by atoms with E-state index in [2.05, 4.69) is 5.10 Å². The van der Waals surface area contributed by atoms with Crippen LogP contribution in [0.15, 0.2) is 36.5 Å². The normalized spacial score (nSPS) is 10.2. The van der Waals surface area contributed by atoms with E-state index in [0.29, 0.717) is 11.4 Å². The van der Waals surface area contributed by atoms with Crippen molar-refractivity contribution in [1.82, 2.24) is 9.78 Å². The number of carboxylic acid groups (broad SMARTS) is 1. The van der Waals surface area contributed by atoms with Gasteiger partial charge in [0.05, 0.1) is 12.1 Å². The van der Waals surface area contributed by atoms with Gasteiger partial charge in [0.25, 0.3) is 0 Å². The van der Waals surface area contributed by atoms with E-state index in [-0.39, 0.29) is 12.2 Å². The highest BCUT2D eigenvalue weighted by Crippen LogP contribution is 2.19. The molecule has 0 amide bonds. The molecule has 0 atom stereocenters. The van der Waals surface area contributed by atoms with E-state index in [4.69, 9.17) is 5.11 Å². The first-order valence-electron chi connectivity index (χ1n) is 4.71. The Labute approximate surface area is 91.6 Å². The van der Waals surface area contributed by atoms with Crippen LogP contribution >= 0.6 is 0 Å². The van der Waals surface area contributed by atoms with E-state index in [9.17, 15) is 9.90 Å². The number of aromatic nitrogens is 2. The van der Waals surface area contributed by atoms with Gasteiger partial charge in [-0.15, -0.1) is 0 Å². The van der Waals surface area contributed by atoms with Crippen LogP contribution in [0.4, 0.5) is 0 Å². The van der Waals surface area contributed by atoms with E-state index < -0.39 is 5.97 Å². The first kappa shape index (κ1) is 10.2. The summed E-state index contributed by atoms with van der Waals surface area (Å²) in [4.78, 5) is 10.5. The Balaban J connectivity index is 2.32. The molecule has 0 radical (unpaired) electrons. The van der Waals surface area contributed by atoms with E-state index in [0.717, 1.165) is 0 Å². The predicted molar refractivity (Wildman–Crippen MR) is 56.6 cm³/mol. The standard InChI is InChI=1S/C11H10N2O3/c14-10-4-2-1-3-9(10)13-6-5-8(12-13)7-11(15)16/h1-6,14H,7H2,(H,15,16). The molecule has 0 aliphatic heterocycles. The van der Waals surface area contributed by atoms with Gasteiger partial charge in [-0.1, -0.05) is 12.1 Å². The summed E-state index contributed by atoms with van der Waals surface area (Å²) in [6, 6.07) is 8.34. The third-order valence-corrected chi connectivity index (χ3v) is 2.11. The van der Waals surface area contributed by atoms with Gasteiger partial charge in [0.15, 0.2) is 0 Å². The molecule has 0 saturated carbocycles. The first-order valence-corrected chi connectivity index (χ1v) is 4.71. The highest BCUT2D eigenvalue weighted by molar-refractivity contribution is 5.69. The molecule has 1 heterocycles. The Morgan fingerprint density at radius 2 is 2.06 bits per heavy atom. The van der Waals surface area contributed by atoms with Crippen molar-refractivity contribution < 1.29 is 15.0 Å². The lowest BCUT2D eigenvalue weighted by Gasteiger charge is -2.02. The molecule has 0 aliphatic carbocycles. The molecule has 0 bridgehead atoms. The first-order chi connectivity index (χ1) is 7.66. The van der Waals surface area contributed by atoms with Crippen LogP contribution in [0.2, 0.25) is 0 Å². The maximum atomic E-state index is 10.5. The van der Waals surface area contributed by atoms with Gasteiger partial charge < -0.3 is 10.2 Å². The van der Waals surface area contributed by atoms with Crippen molar-refractivity contribution in [3.63, 3.8) is 0 Å². The molecule has 82 valence electrons. The zero-order valence-corrected chi connectivity index (χ0v) is 8.37. The lowest BCUT2D eigenvalue weighted by molar-refractivity contribution is -0.136. The van der Waals surface area contributed by atoms with Crippen LogP contribution in [0.3, 0.4) is 0 Å². The SMILES string of the molecule is O=C(O)Cc1ccn(-c2ccccc2O)n1. The van der Waals surface area contributed by atoms with Crippen LogP contribution in [0.5, 0.6) is 5.75 Å². The molecule has 1 aromatic carbocycles. The molecule has 0 aliphatic rings. The lowest BCUT2D eigenvalue weighted by atomic mass is 10.3. The minimum atomic E-state index is -0.928. The molecule has 1 aromatic heterocycles. The highest BCUT2D eigenvalue weighted by atomic mass is 16.4. The van der Waals surface area contributed by atoms with Gasteiger partial charge in [-0.2, -0.15) is 5.10 Å². The third kappa shape index (κ3) is 2.03. The summed E-state index contributed by atoms with van der Waals surface area (Å²) in [7, 11) is 0. The Morgan fingerprint density at radius 1 is 1.31 bits per heavy atom. The lowest BCUT2D eigenvalue weighted by Crippen LogP contribution is -2.02. The molecular formula is C11H10N2O3. The van der Waals surface area contributed by atoms with Crippen molar-refractivity contribution in [3.8, 4) is 11.4 Å². The molecule has 2 aromatic rings. The van der Waals surface area contributed by atoms with Crippen LogP contribution in [-0.4, -0.2) is 26.0 Å². The van der Waals surface area contributed by atoms with Crippen molar-refractivity contribution in [2.75, 3.05) is 0 Å². The van der Waals surface area contributed by atoms with Gasteiger partial charge in [0, 0.05) is 6.20 Å². The van der Waals surface area contributed by atoms with Gasteiger partial charge >= 0.3 is 5.97 Å². The molecule has 0 saturated heterocycles. The molecule has 2 rings (SSSR count). The second-order valence-corrected chi connectivity index (χ2v) is 3.31. The van der Waals surface area contributed by atoms with Gasteiger partial charge in [0.1, 0.15) is 11.4 Å². The van der Waals surface area contributed by atoms with Crippen molar-refractivity contribution in [2.45, 2.75) is 6.42 Å². The summed E-state index contributed by atoms with van der Waals surface area (Å²) in [6.07, 6.45) is 1.49. The van der Waals surface area contributed by atoms with Gasteiger partial charge in [-0.05, 0) is 18.2 Å². The molecule has 0 fully saturated rings. The van der Waals surface area contributed by atoms with Crippen LogP contribution < -0.4 is 0 Å². The molecule has 16 heavy (non-hydrogen) atoms. The van der Waals surface area contributed by atoms with Crippen molar-refractivity contribution >= 4 is 5.97 Å². The number of nitrogens with zero attached hydrogens (tertiary/aromatic N) is 2. The van der Waals surface area contributed by atoms with Crippen LogP contribution in [0, 0.1) is 0 Å². The fourth-order valence-corrected chi connectivity index (χ4v) is 1.40. The Hall–Kier alpha value is -2.30. The van der Waals surface area contributed by atoms with E-state index >= 15 is 0 Å². The summed E-state index contributed by atoms with van der Waals surface area (Å²) >= 11 is 0. The number of phenols is 1. The summed E-state index contributed by atoms with van der Waals surface area (Å²) in [6.45, 7) is 0. The quantitative estimate of drug-likeness (QED) is 0.811. The molecule has 0 spiro atoms. The number of carboxylic acids is 1. The number of carbonyl (C=O) groups is 1. The minimum absolute atomic E-state index is 0.104. The maximum absolute atomic E-state index is 10.5. The van der Waals surface area contributed by atoms with Crippen molar-refractivity contribution in [3.05, 3.63) is 42.2 Å². The van der Waals surface area contributed by atoms with Crippen LogP contribution in [0.25, 0.3) is 5.69 Å². The molecule has 5 heteroatoms. The summed E-state index contributed by atoms with van der Waals surface area (Å²) < 4.78 is 1.45. The fraction of sp³-hybridized carbons (Fsp3) is 0.0909. The van der Waals surface area contributed by atoms with Gasteiger partial charge in [0.2, 0.25) is 0 Å². The third-order valence-electron chi connectivity index (χ3n) is 2.11. The second-order valence-electron chi connectivity index (χ2n) is 3.31. The Bertz CT molecular complexity index is 519. The van der Waals surface area contributed by atoms with Crippen LogP contribution in [-0.2, 0) is 11.2 Å². The summed E-state index contributed by atoms with van der Waals surface area (Å²) in [5.74, 6) is -0.824. The summed E-state index contributed by atoms with van der Waals surface area (Å²) in [5, 5.41) is 22.2. The monoisotopic (exact) mass is 218 g/mol. The number of hydrogen-bond acceptors (Lipinski definition) is 3. The fourth-order valence-electron chi connectivity index (χ4n) is 1.40. The number of rotatable bonds is 3. The van der Waals surface area contributed by atoms with Gasteiger partial charge in [-0.3, -0.25) is 4.79 Å². The molecule has 2 N–H and O–H groups in total. The molecule has 0 unspecified atom stereocenters. The van der Waals surface area contributed by atoms with Crippen molar-refractivity contribution in [2.24, 2.45) is 0 Å². The average Bonchev–Trinajstić information content (AvgIpc) is 2.66. The maximum Gasteiger partial charge on any atom is 0.309 e. The zero-order valence-electron chi connectivity index (χ0n) is 8.37. The largest absolute Gasteiger partial charge is 0.506 e. The van der Waals surface area contributed by atoms with E-state index in [1.165, 1.54) is 4.68 Å². The smallest absolute Gasteiger partial charge is 0.309 e. The van der Waals surface area contributed by atoms with E-state index in [1.54, 1.807) is 36.5 Å². The predicted octanol–water partition coefficient (Wildman–Crippen LogP) is 1.20. The highest BCUT2D eigenvalue weighted by Gasteiger charge is 2.07. The second kappa shape index (κ2) is 4.06. The van der Waals surface area contributed by atoms with Crippen molar-refractivity contribution in [1.29, 1.82) is 0 Å². The minimum Gasteiger partial charge on any atom is -0.506 e. The molecule has 5 nitrogen and oxygen atoms in total. The number of benzene rings is 1. The number of aliphatic carboxylic acids is 1. The molecular weight excluding hydrogens is 208 g/mol. The number of aromatic hydroxyl groups is 1. The number of para-hydroxylation sites is 2. The zero-order chi connectivity index (χ0) is 11.5. The Morgan fingerprint density at radius 3 is 2.75 bits per heavy atom.